The Hall–Kier alpha value is -13.3. The van der Waals surface area contributed by atoms with Gasteiger partial charge in [0.05, 0.1) is 12.8 Å². The smallest absolute Gasteiger partial charge is 0.273 e. The summed E-state index contributed by atoms with van der Waals surface area (Å²) in [7, 11) is 0. The zero-order chi connectivity index (χ0) is 76.4. The SMILES string of the molecule is O=C(Cc1ccccc1CC(=O)N[C@@H]1C[C@H]2C(=O)Nc3cccc(n3)C(=O)N3CCC[C@H]3C(=O)Nc3cccc(n3)C(=O)N3CCC[C@H]3C(=O)Nc3cccc(n3)C(=O)N2C1)N[C@@H]1C[C@H]2C(=O)Nc3cccc(n3)C(=O)N3CCC[C@H]3C(=O)Nc3cccc(n3)C(=O)N3CCC[C@H]3C(=O)Nc3cccc(n3)C(=O)N2C1. The van der Waals surface area contributed by atoms with Gasteiger partial charge in [-0.25, -0.2) is 29.9 Å². The van der Waals surface area contributed by atoms with Crippen molar-refractivity contribution in [2.45, 2.75) is 125 Å². The maximum atomic E-state index is 14.8. The quantitative estimate of drug-likeness (QED) is 0.119. The minimum Gasteiger partial charge on any atom is -0.351 e. The molecule has 12 bridgehead atoms. The van der Waals surface area contributed by atoms with Crippen LogP contribution in [0.25, 0.3) is 0 Å². The standard InChI is InChI=1S/C76H74N20O14/c97-63(77-43-37-55-69(103)89-61-29-5-17-47(81-61)73(107)93-33-9-21-51(93)65(99)85-57-25-3-15-45(79-57)71(105)91-31-11-23-53(91)67(101)87-59-27-7-19-49(83-59)75(109)95(55)39-43)35-41-13-1-2-14-42(41)36-64(98)78-44-38-56-70(104)90-62-30-6-18-48(82-62)74(108)94-34-10-22-52(94)66(100)86-58-26-4-16-46(80-58)72(106)92-32-12-24-54(92)68(102)88-60-28-8-20-50(84-60)76(110)96(56)40-44/h1-8,13-20,25-30,43-44,51-56H,9-12,21-24,31-40H2,(H,77,97)(H,78,98)(H,79,85,99)(H,80,86,100)(H,81,89,103)(H,82,90,104)(H,83,87,101)(H,84,88,102)/t43-,44-,51+,52+,53+,54+,55+,56+/m1/s1. The molecule has 34 heteroatoms. The van der Waals surface area contributed by atoms with Crippen LogP contribution in [0.4, 0.5) is 34.9 Å². The summed E-state index contributed by atoms with van der Waals surface area (Å²) in [5, 5.41) is 22.4. The molecule has 0 radical (unpaired) electrons. The second kappa shape index (κ2) is 30.9. The van der Waals surface area contributed by atoms with E-state index < -0.39 is 131 Å². The highest BCUT2D eigenvalue weighted by atomic mass is 16.2. The van der Waals surface area contributed by atoms with E-state index in [9.17, 15) is 67.1 Å². The largest absolute Gasteiger partial charge is 0.351 e. The molecule has 34 nitrogen and oxygen atoms in total. The van der Waals surface area contributed by atoms with Gasteiger partial charge in [-0.05, 0) is 148 Å². The van der Waals surface area contributed by atoms with Crippen LogP contribution >= 0.6 is 0 Å². The van der Waals surface area contributed by atoms with Gasteiger partial charge in [-0.15, -0.1) is 0 Å². The second-order valence-corrected chi connectivity index (χ2v) is 28.1. The number of pyridine rings is 6. The van der Waals surface area contributed by atoms with Crippen molar-refractivity contribution >= 4 is 118 Å². The molecule has 6 fully saturated rings. The van der Waals surface area contributed by atoms with Crippen LogP contribution < -0.4 is 42.5 Å². The van der Waals surface area contributed by atoms with Gasteiger partial charge < -0.3 is 71.9 Å². The molecule has 14 heterocycles. The topological polar surface area (TPSA) is 432 Å². The third-order valence-electron chi connectivity index (χ3n) is 20.9. The van der Waals surface area contributed by atoms with Crippen LogP contribution in [-0.2, 0) is 51.2 Å². The van der Waals surface area contributed by atoms with Crippen LogP contribution in [0.3, 0.4) is 0 Å². The molecule has 562 valence electrons. The molecular weight excluding hydrogens is 1420 g/mol. The highest BCUT2D eigenvalue weighted by molar-refractivity contribution is 6.07. The van der Waals surface area contributed by atoms with Gasteiger partial charge in [-0.1, -0.05) is 60.7 Å². The Kier molecular flexibility index (Phi) is 20.3. The Morgan fingerprint density at radius 2 is 0.527 bits per heavy atom. The van der Waals surface area contributed by atoms with E-state index in [0.29, 0.717) is 62.5 Å². The third kappa shape index (κ3) is 15.2. The molecule has 6 saturated heterocycles. The molecule has 110 heavy (non-hydrogen) atoms. The Morgan fingerprint density at radius 3 is 0.773 bits per heavy atom. The van der Waals surface area contributed by atoms with E-state index >= 15 is 0 Å². The Bertz CT molecular complexity index is 4680. The number of anilines is 6. The first-order valence-corrected chi connectivity index (χ1v) is 36.4. The van der Waals surface area contributed by atoms with Crippen molar-refractivity contribution in [1.29, 1.82) is 0 Å². The maximum absolute atomic E-state index is 14.8. The van der Waals surface area contributed by atoms with Crippen molar-refractivity contribution < 1.29 is 67.1 Å². The number of carbonyl (C=O) groups excluding carboxylic acids is 14. The van der Waals surface area contributed by atoms with Gasteiger partial charge in [0, 0.05) is 51.4 Å². The molecule has 0 spiro atoms. The average molecular weight is 1490 g/mol. The first-order valence-electron chi connectivity index (χ1n) is 36.4. The Balaban J connectivity index is 0.648. The maximum Gasteiger partial charge on any atom is 0.273 e. The number of nitrogens with zero attached hydrogens (tertiary/aromatic N) is 12. The summed E-state index contributed by atoms with van der Waals surface area (Å²) in [6.07, 6.45) is 2.27. The first kappa shape index (κ1) is 72.3. The van der Waals surface area contributed by atoms with E-state index in [1.54, 1.807) is 36.4 Å². The molecule has 15 rings (SSSR count). The van der Waals surface area contributed by atoms with Crippen molar-refractivity contribution in [2.24, 2.45) is 0 Å². The number of amides is 14. The predicted octanol–water partition coefficient (Wildman–Crippen LogP) is 2.82. The van der Waals surface area contributed by atoms with Gasteiger partial charge in [-0.2, -0.15) is 0 Å². The van der Waals surface area contributed by atoms with Gasteiger partial charge in [0.15, 0.2) is 0 Å². The molecular formula is C76H74N20O14. The van der Waals surface area contributed by atoms with E-state index in [-0.39, 0.29) is 134 Å². The number of hydrogen-bond acceptors (Lipinski definition) is 20. The Morgan fingerprint density at radius 1 is 0.300 bits per heavy atom. The van der Waals surface area contributed by atoms with Gasteiger partial charge in [-0.3, -0.25) is 67.1 Å². The lowest BCUT2D eigenvalue weighted by Gasteiger charge is -2.25. The Labute approximate surface area is 627 Å². The molecule has 1 aromatic carbocycles. The summed E-state index contributed by atoms with van der Waals surface area (Å²) in [6, 6.07) is 25.0. The van der Waals surface area contributed by atoms with E-state index in [4.69, 9.17) is 0 Å². The van der Waals surface area contributed by atoms with Crippen LogP contribution in [0.15, 0.2) is 133 Å². The molecule has 7 aromatic rings. The molecule has 6 aromatic heterocycles. The summed E-state index contributed by atoms with van der Waals surface area (Å²) >= 11 is 0. The van der Waals surface area contributed by atoms with Crippen molar-refractivity contribution in [3.63, 3.8) is 0 Å². The van der Waals surface area contributed by atoms with Crippen LogP contribution in [0.5, 0.6) is 0 Å². The second-order valence-electron chi connectivity index (χ2n) is 28.1. The summed E-state index contributed by atoms with van der Waals surface area (Å²) in [6.45, 7) is 0.395. The highest BCUT2D eigenvalue weighted by Crippen LogP contribution is 2.31. The minimum absolute atomic E-state index is 0.0327. The lowest BCUT2D eigenvalue weighted by molar-refractivity contribution is -0.122. The zero-order valence-electron chi connectivity index (χ0n) is 59.1. The van der Waals surface area contributed by atoms with Crippen LogP contribution in [0.1, 0.15) is 138 Å². The lowest BCUT2D eigenvalue weighted by Crippen LogP contribution is -2.45. The number of hydrogen-bond donors (Lipinski definition) is 8. The van der Waals surface area contributed by atoms with Gasteiger partial charge in [0.1, 0.15) is 105 Å². The van der Waals surface area contributed by atoms with Crippen molar-refractivity contribution in [1.82, 2.24) is 69.9 Å². The molecule has 8 atom stereocenters. The molecule has 8 aliphatic heterocycles. The van der Waals surface area contributed by atoms with Gasteiger partial charge in [0.25, 0.3) is 35.4 Å². The minimum atomic E-state index is -1.29. The van der Waals surface area contributed by atoms with E-state index in [0.717, 1.165) is 0 Å². The number of aromatic nitrogens is 6. The lowest BCUT2D eigenvalue weighted by atomic mass is 10.0. The highest BCUT2D eigenvalue weighted by Gasteiger charge is 2.46. The fourth-order valence-electron chi connectivity index (χ4n) is 15.6. The van der Waals surface area contributed by atoms with E-state index in [2.05, 4.69) is 72.4 Å². The van der Waals surface area contributed by atoms with Crippen LogP contribution in [0.2, 0.25) is 0 Å². The summed E-state index contributed by atoms with van der Waals surface area (Å²) in [5.74, 6) is -8.79. The molecule has 8 N–H and O–H groups in total. The van der Waals surface area contributed by atoms with Gasteiger partial charge in [0.2, 0.25) is 47.3 Å². The molecule has 14 amide bonds. The molecule has 8 aliphatic rings. The predicted molar refractivity (Wildman–Crippen MR) is 390 cm³/mol. The summed E-state index contributed by atoms with van der Waals surface area (Å²) in [5.41, 5.74) is 0.252. The van der Waals surface area contributed by atoms with Crippen molar-refractivity contribution in [3.05, 3.63) is 179 Å². The van der Waals surface area contributed by atoms with Crippen LogP contribution in [0, 0.1) is 0 Å². The first-order chi connectivity index (χ1) is 53.2. The monoisotopic (exact) mass is 1490 g/mol. The zero-order valence-corrected chi connectivity index (χ0v) is 59.1. The van der Waals surface area contributed by atoms with Crippen molar-refractivity contribution in [2.75, 3.05) is 71.2 Å². The number of carbonyl (C=O) groups is 14. The molecule has 0 aliphatic carbocycles. The normalized spacial score (nSPS) is 23.4. The molecule has 0 unspecified atom stereocenters. The van der Waals surface area contributed by atoms with E-state index in [1.807, 2.05) is 0 Å². The number of rotatable bonds is 6. The number of benzene rings is 1. The van der Waals surface area contributed by atoms with Crippen molar-refractivity contribution in [3.8, 4) is 0 Å². The fraction of sp³-hybridized carbons (Fsp3) is 0.342. The van der Waals surface area contributed by atoms with Gasteiger partial charge >= 0.3 is 0 Å². The van der Waals surface area contributed by atoms with E-state index in [1.165, 1.54) is 126 Å². The summed E-state index contributed by atoms with van der Waals surface area (Å²) < 4.78 is 0. The van der Waals surface area contributed by atoms with Crippen LogP contribution in [-0.4, -0.2) is 230 Å². The number of fused-ring (bicyclic) bond motifs is 18. The third-order valence-corrected chi connectivity index (χ3v) is 20.9. The fourth-order valence-corrected chi connectivity index (χ4v) is 15.6. The summed E-state index contributed by atoms with van der Waals surface area (Å²) in [4.78, 5) is 235. The molecule has 0 saturated carbocycles. The average Bonchev–Trinajstić information content (AvgIpc) is 1.59. The number of nitrogens with one attached hydrogen (secondary N) is 8.